The molecular formula is C28H26N2O6. The van der Waals surface area contributed by atoms with Gasteiger partial charge >= 0.3 is 0 Å². The maximum Gasteiger partial charge on any atom is 0.300 e. The summed E-state index contributed by atoms with van der Waals surface area (Å²) in [6.45, 7) is 3.20. The molecule has 0 bridgehead atoms. The highest BCUT2D eigenvalue weighted by molar-refractivity contribution is 6.51. The van der Waals surface area contributed by atoms with Crippen molar-refractivity contribution in [1.29, 1.82) is 0 Å². The number of rotatable bonds is 6. The van der Waals surface area contributed by atoms with E-state index in [0.29, 0.717) is 34.0 Å². The van der Waals surface area contributed by atoms with Crippen LogP contribution in [0.15, 0.2) is 72.3 Å². The molecule has 3 aromatic rings. The molecule has 1 aliphatic heterocycles. The number of benzene rings is 3. The highest BCUT2D eigenvalue weighted by atomic mass is 16.5. The van der Waals surface area contributed by atoms with E-state index >= 15 is 0 Å². The van der Waals surface area contributed by atoms with Crippen molar-refractivity contribution in [2.24, 2.45) is 0 Å². The van der Waals surface area contributed by atoms with Crippen LogP contribution in [0.25, 0.3) is 5.76 Å². The zero-order valence-electron chi connectivity index (χ0n) is 20.4. The maximum absolute atomic E-state index is 13.4. The van der Waals surface area contributed by atoms with E-state index in [-0.39, 0.29) is 17.2 Å². The average Bonchev–Trinajstić information content (AvgIpc) is 3.13. The third kappa shape index (κ3) is 4.40. The smallest absolute Gasteiger partial charge is 0.300 e. The Labute approximate surface area is 208 Å². The number of ether oxygens (including phenoxy) is 2. The maximum atomic E-state index is 13.4. The van der Waals surface area contributed by atoms with Gasteiger partial charge in [0.1, 0.15) is 17.3 Å². The normalized spacial score (nSPS) is 16.7. The number of nitrogens with one attached hydrogen (secondary N) is 1. The minimum atomic E-state index is -0.976. The summed E-state index contributed by atoms with van der Waals surface area (Å²) >= 11 is 0. The Morgan fingerprint density at radius 1 is 0.944 bits per heavy atom. The lowest BCUT2D eigenvalue weighted by Gasteiger charge is -2.27. The van der Waals surface area contributed by atoms with Crippen molar-refractivity contribution >= 4 is 34.7 Å². The molecule has 1 saturated heterocycles. The topological polar surface area (TPSA) is 105 Å². The summed E-state index contributed by atoms with van der Waals surface area (Å²) in [6.07, 6.45) is 0. The molecule has 1 heterocycles. The number of ketones is 1. The molecule has 0 saturated carbocycles. The minimum absolute atomic E-state index is 0.0704. The molecule has 0 aliphatic carbocycles. The highest BCUT2D eigenvalue weighted by Crippen LogP contribution is 2.45. The van der Waals surface area contributed by atoms with Gasteiger partial charge in [0.05, 0.1) is 25.8 Å². The predicted octanol–water partition coefficient (Wildman–Crippen LogP) is 4.60. The van der Waals surface area contributed by atoms with Crippen molar-refractivity contribution in [3.63, 3.8) is 0 Å². The van der Waals surface area contributed by atoms with Crippen LogP contribution < -0.4 is 19.7 Å². The summed E-state index contributed by atoms with van der Waals surface area (Å²) in [7, 11) is 3.04. The van der Waals surface area contributed by atoms with Gasteiger partial charge in [-0.15, -0.1) is 0 Å². The van der Waals surface area contributed by atoms with E-state index in [1.54, 1.807) is 73.8 Å². The molecule has 1 fully saturated rings. The van der Waals surface area contributed by atoms with E-state index in [1.165, 1.54) is 18.9 Å². The second kappa shape index (κ2) is 9.95. The number of hydrogen-bond acceptors (Lipinski definition) is 6. The summed E-state index contributed by atoms with van der Waals surface area (Å²) in [4.78, 5) is 39.7. The Hall–Kier alpha value is -4.59. The SMILES string of the molecule is COc1ccc(/C(O)=C2\C(=O)C(=O)N(c3cccc(NC(C)=O)c3)C2c2ccccc2OC)cc1C. The summed E-state index contributed by atoms with van der Waals surface area (Å²) in [5, 5.41) is 14.1. The first-order chi connectivity index (χ1) is 17.3. The van der Waals surface area contributed by atoms with Crippen molar-refractivity contribution in [3.8, 4) is 11.5 Å². The minimum Gasteiger partial charge on any atom is -0.507 e. The first-order valence-electron chi connectivity index (χ1n) is 11.2. The summed E-state index contributed by atoms with van der Waals surface area (Å²) < 4.78 is 10.8. The van der Waals surface area contributed by atoms with Gasteiger partial charge in [0.25, 0.3) is 11.7 Å². The summed E-state index contributed by atoms with van der Waals surface area (Å²) in [5.41, 5.74) is 2.43. The predicted molar refractivity (Wildman–Crippen MR) is 136 cm³/mol. The van der Waals surface area contributed by atoms with Crippen LogP contribution in [0.2, 0.25) is 0 Å². The van der Waals surface area contributed by atoms with Crippen LogP contribution in [0.1, 0.15) is 29.7 Å². The van der Waals surface area contributed by atoms with Crippen LogP contribution in [-0.2, 0) is 14.4 Å². The third-order valence-corrected chi connectivity index (χ3v) is 5.99. The Balaban J connectivity index is 1.95. The Morgan fingerprint density at radius 2 is 1.67 bits per heavy atom. The quantitative estimate of drug-likeness (QED) is 0.300. The fraction of sp³-hybridized carbons (Fsp3) is 0.179. The van der Waals surface area contributed by atoms with Gasteiger partial charge < -0.3 is 19.9 Å². The molecule has 184 valence electrons. The van der Waals surface area contributed by atoms with Crippen LogP contribution in [0.4, 0.5) is 11.4 Å². The number of carbonyl (C=O) groups excluding carboxylic acids is 3. The Morgan fingerprint density at radius 3 is 2.33 bits per heavy atom. The lowest BCUT2D eigenvalue weighted by atomic mass is 9.94. The molecular weight excluding hydrogens is 460 g/mol. The van der Waals surface area contributed by atoms with Gasteiger partial charge in [-0.3, -0.25) is 19.3 Å². The van der Waals surface area contributed by atoms with E-state index in [2.05, 4.69) is 5.32 Å². The van der Waals surface area contributed by atoms with Gasteiger partial charge in [0, 0.05) is 29.4 Å². The molecule has 0 aromatic heterocycles. The monoisotopic (exact) mass is 486 g/mol. The molecule has 1 atom stereocenters. The standard InChI is InChI=1S/C28H26N2O6/c1-16-14-18(12-13-22(16)35-3)26(32)24-25(21-10-5-6-11-23(21)36-4)30(28(34)27(24)33)20-9-7-8-19(15-20)29-17(2)31/h5-15,25,32H,1-4H3,(H,29,31)/b26-24+. The van der Waals surface area contributed by atoms with Crippen LogP contribution in [0, 0.1) is 6.92 Å². The highest BCUT2D eigenvalue weighted by Gasteiger charge is 2.48. The summed E-state index contributed by atoms with van der Waals surface area (Å²) in [6, 6.07) is 17.7. The number of hydrogen-bond donors (Lipinski definition) is 2. The number of methoxy groups -OCH3 is 2. The molecule has 0 spiro atoms. The lowest BCUT2D eigenvalue weighted by Crippen LogP contribution is -2.29. The van der Waals surface area contributed by atoms with E-state index < -0.39 is 17.7 Å². The zero-order chi connectivity index (χ0) is 26.0. The molecule has 8 heteroatoms. The first-order valence-corrected chi connectivity index (χ1v) is 11.2. The van der Waals surface area contributed by atoms with Gasteiger partial charge in [-0.25, -0.2) is 0 Å². The van der Waals surface area contributed by atoms with Gasteiger partial charge in [-0.05, 0) is 55.0 Å². The third-order valence-electron chi connectivity index (χ3n) is 5.99. The van der Waals surface area contributed by atoms with Crippen molar-refractivity contribution in [2.75, 3.05) is 24.4 Å². The fourth-order valence-corrected chi connectivity index (χ4v) is 4.40. The number of nitrogens with zero attached hydrogens (tertiary/aromatic N) is 1. The number of para-hydroxylation sites is 1. The van der Waals surface area contributed by atoms with Crippen molar-refractivity contribution in [1.82, 2.24) is 0 Å². The second-order valence-corrected chi connectivity index (χ2v) is 8.33. The van der Waals surface area contributed by atoms with E-state index in [1.807, 2.05) is 6.92 Å². The number of aliphatic hydroxyl groups excluding tert-OH is 1. The van der Waals surface area contributed by atoms with Gasteiger partial charge in [0.2, 0.25) is 5.91 Å². The van der Waals surface area contributed by atoms with Crippen LogP contribution in [0.5, 0.6) is 11.5 Å². The molecule has 2 amide bonds. The Kier molecular flexibility index (Phi) is 6.78. The van der Waals surface area contributed by atoms with Crippen molar-refractivity contribution < 1.29 is 29.0 Å². The number of aryl methyl sites for hydroxylation is 1. The molecule has 3 aromatic carbocycles. The molecule has 2 N–H and O–H groups in total. The fourth-order valence-electron chi connectivity index (χ4n) is 4.40. The lowest BCUT2D eigenvalue weighted by molar-refractivity contribution is -0.132. The average molecular weight is 487 g/mol. The summed E-state index contributed by atoms with van der Waals surface area (Å²) in [5.74, 6) is -1.15. The van der Waals surface area contributed by atoms with Gasteiger partial charge in [-0.2, -0.15) is 0 Å². The molecule has 8 nitrogen and oxygen atoms in total. The largest absolute Gasteiger partial charge is 0.507 e. The number of anilines is 2. The van der Waals surface area contributed by atoms with Crippen LogP contribution >= 0.6 is 0 Å². The molecule has 0 radical (unpaired) electrons. The molecule has 1 aliphatic rings. The number of Topliss-reactive ketones (excluding diaryl/α,β-unsaturated/α-hetero) is 1. The molecule has 1 unspecified atom stereocenters. The van der Waals surface area contributed by atoms with E-state index in [9.17, 15) is 19.5 Å². The second-order valence-electron chi connectivity index (χ2n) is 8.33. The Bertz CT molecular complexity index is 1390. The van der Waals surface area contributed by atoms with E-state index in [4.69, 9.17) is 9.47 Å². The van der Waals surface area contributed by atoms with E-state index in [0.717, 1.165) is 5.56 Å². The van der Waals surface area contributed by atoms with Crippen molar-refractivity contribution in [2.45, 2.75) is 19.9 Å². The number of aliphatic hydroxyl groups is 1. The molecule has 36 heavy (non-hydrogen) atoms. The van der Waals surface area contributed by atoms with Crippen molar-refractivity contribution in [3.05, 3.63) is 89.0 Å². The van der Waals surface area contributed by atoms with Crippen LogP contribution in [-0.4, -0.2) is 36.9 Å². The number of carbonyl (C=O) groups is 3. The zero-order valence-corrected chi connectivity index (χ0v) is 20.4. The number of amides is 2. The van der Waals surface area contributed by atoms with Crippen LogP contribution in [0.3, 0.4) is 0 Å². The van der Waals surface area contributed by atoms with Gasteiger partial charge in [0.15, 0.2) is 0 Å². The van der Waals surface area contributed by atoms with Gasteiger partial charge in [-0.1, -0.05) is 24.3 Å². The molecule has 4 rings (SSSR count). The first kappa shape index (κ1) is 24.5.